The van der Waals surface area contributed by atoms with E-state index in [-0.39, 0.29) is 5.91 Å². The molecule has 2 heterocycles. The van der Waals surface area contributed by atoms with Gasteiger partial charge in [0.1, 0.15) is 16.8 Å². The number of anilines is 1. The molecule has 7 nitrogen and oxygen atoms in total. The molecule has 4 rings (SSSR count). The van der Waals surface area contributed by atoms with Crippen LogP contribution in [0.5, 0.6) is 5.75 Å². The van der Waals surface area contributed by atoms with Crippen LogP contribution in [-0.4, -0.2) is 65.9 Å². The van der Waals surface area contributed by atoms with Crippen LogP contribution in [0.1, 0.15) is 10.4 Å². The summed E-state index contributed by atoms with van der Waals surface area (Å²) in [6.07, 6.45) is 0. The number of piperazine rings is 1. The molecule has 1 aliphatic heterocycles. The highest BCUT2D eigenvalue weighted by molar-refractivity contribution is 7.00. The Labute approximate surface area is 168 Å². The van der Waals surface area contributed by atoms with Crippen molar-refractivity contribution in [3.8, 4) is 5.75 Å². The third kappa shape index (κ3) is 4.23. The van der Waals surface area contributed by atoms with Crippen molar-refractivity contribution in [2.75, 3.05) is 51.3 Å². The number of benzene rings is 2. The second-order valence-electron chi connectivity index (χ2n) is 6.75. The fourth-order valence-corrected chi connectivity index (χ4v) is 3.89. The number of fused-ring (bicyclic) bond motifs is 1. The van der Waals surface area contributed by atoms with Gasteiger partial charge < -0.3 is 15.0 Å². The molecule has 1 amide bonds. The first-order chi connectivity index (χ1) is 13.7. The lowest BCUT2D eigenvalue weighted by Crippen LogP contribution is -2.48. The molecule has 0 aliphatic carbocycles. The molecule has 3 aromatic rings. The van der Waals surface area contributed by atoms with Crippen LogP contribution in [-0.2, 0) is 0 Å². The predicted octanol–water partition coefficient (Wildman–Crippen LogP) is 2.25. The number of hydrogen-bond acceptors (Lipinski definition) is 7. The Balaban J connectivity index is 1.22. The number of nitrogens with one attached hydrogen (secondary N) is 1. The summed E-state index contributed by atoms with van der Waals surface area (Å²) in [7, 11) is 1.68. The van der Waals surface area contributed by atoms with Gasteiger partial charge >= 0.3 is 0 Å². The van der Waals surface area contributed by atoms with Crippen LogP contribution in [0.2, 0.25) is 0 Å². The van der Waals surface area contributed by atoms with Gasteiger partial charge in [-0.2, -0.15) is 8.75 Å². The molecule has 1 N–H and O–H groups in total. The van der Waals surface area contributed by atoms with Gasteiger partial charge in [0.2, 0.25) is 0 Å². The van der Waals surface area contributed by atoms with E-state index in [4.69, 9.17) is 4.74 Å². The lowest BCUT2D eigenvalue weighted by molar-refractivity contribution is 0.0948. The van der Waals surface area contributed by atoms with Crippen LogP contribution in [0.15, 0.2) is 42.5 Å². The maximum absolute atomic E-state index is 12.3. The van der Waals surface area contributed by atoms with Crippen LogP contribution in [0, 0.1) is 0 Å². The SMILES string of the molecule is COc1ccc(N2CCN(CCNC(=O)c3ccc4nsnc4c3)CC2)cc1. The number of amides is 1. The number of methoxy groups -OCH3 is 1. The zero-order valence-corrected chi connectivity index (χ0v) is 16.6. The molecule has 0 atom stereocenters. The predicted molar refractivity (Wildman–Crippen MR) is 111 cm³/mol. The zero-order valence-electron chi connectivity index (χ0n) is 15.8. The van der Waals surface area contributed by atoms with Crippen molar-refractivity contribution < 1.29 is 9.53 Å². The molecule has 146 valence electrons. The molecule has 8 heteroatoms. The van der Waals surface area contributed by atoms with Gasteiger partial charge in [-0.1, -0.05) is 0 Å². The highest BCUT2D eigenvalue weighted by Crippen LogP contribution is 2.20. The smallest absolute Gasteiger partial charge is 0.251 e. The van der Waals surface area contributed by atoms with E-state index >= 15 is 0 Å². The molecular formula is C20H23N5O2S. The molecule has 1 fully saturated rings. The quantitative estimate of drug-likeness (QED) is 0.688. The molecule has 1 aromatic heterocycles. The summed E-state index contributed by atoms with van der Waals surface area (Å²) in [5.41, 5.74) is 3.45. The van der Waals surface area contributed by atoms with Crippen molar-refractivity contribution in [2.24, 2.45) is 0 Å². The lowest BCUT2D eigenvalue weighted by Gasteiger charge is -2.36. The van der Waals surface area contributed by atoms with Gasteiger partial charge in [-0.15, -0.1) is 0 Å². The van der Waals surface area contributed by atoms with Crippen LogP contribution in [0.3, 0.4) is 0 Å². The normalized spacial score (nSPS) is 15.0. The first-order valence-corrected chi connectivity index (χ1v) is 10.1. The molecule has 0 spiro atoms. The number of aromatic nitrogens is 2. The fraction of sp³-hybridized carbons (Fsp3) is 0.350. The zero-order chi connectivity index (χ0) is 19.3. The lowest BCUT2D eigenvalue weighted by atomic mass is 10.2. The highest BCUT2D eigenvalue weighted by Gasteiger charge is 2.17. The Morgan fingerprint density at radius 3 is 2.57 bits per heavy atom. The molecule has 1 aliphatic rings. The summed E-state index contributed by atoms with van der Waals surface area (Å²) in [4.78, 5) is 17.1. The largest absolute Gasteiger partial charge is 0.497 e. The molecule has 28 heavy (non-hydrogen) atoms. The van der Waals surface area contributed by atoms with Crippen LogP contribution >= 0.6 is 11.7 Å². The standard InChI is InChI=1S/C20H23N5O2S/c1-27-17-5-3-16(4-6-17)25-12-10-24(11-13-25)9-8-21-20(26)15-2-7-18-19(14-15)23-28-22-18/h2-7,14H,8-13H2,1H3,(H,21,26). The average Bonchev–Trinajstić information content (AvgIpc) is 3.22. The van der Waals surface area contributed by atoms with Gasteiger partial charge in [-0.25, -0.2) is 0 Å². The summed E-state index contributed by atoms with van der Waals surface area (Å²) >= 11 is 1.16. The first kappa shape index (κ1) is 18.6. The minimum atomic E-state index is -0.0632. The van der Waals surface area contributed by atoms with E-state index in [0.717, 1.165) is 61.2 Å². The number of hydrogen-bond donors (Lipinski definition) is 1. The van der Waals surface area contributed by atoms with Gasteiger partial charge in [-0.3, -0.25) is 9.69 Å². The van der Waals surface area contributed by atoms with Crippen molar-refractivity contribution in [3.05, 3.63) is 48.0 Å². The maximum Gasteiger partial charge on any atom is 0.251 e. The topological polar surface area (TPSA) is 70.6 Å². The van der Waals surface area contributed by atoms with Crippen LogP contribution in [0.25, 0.3) is 11.0 Å². The monoisotopic (exact) mass is 397 g/mol. The number of ether oxygens (including phenoxy) is 1. The van der Waals surface area contributed by atoms with Gasteiger partial charge in [0.05, 0.1) is 18.8 Å². The van der Waals surface area contributed by atoms with E-state index in [2.05, 4.69) is 36.0 Å². The number of carbonyl (C=O) groups is 1. The Morgan fingerprint density at radius 2 is 1.82 bits per heavy atom. The van der Waals surface area contributed by atoms with Gasteiger partial charge in [0, 0.05) is 50.5 Å². The number of carbonyl (C=O) groups excluding carboxylic acids is 1. The molecule has 0 unspecified atom stereocenters. The number of nitrogens with zero attached hydrogens (tertiary/aromatic N) is 4. The van der Waals surface area contributed by atoms with E-state index in [9.17, 15) is 4.79 Å². The highest BCUT2D eigenvalue weighted by atomic mass is 32.1. The molecule has 1 saturated heterocycles. The van der Waals surface area contributed by atoms with E-state index < -0.39 is 0 Å². The minimum Gasteiger partial charge on any atom is -0.497 e. The maximum atomic E-state index is 12.3. The second kappa shape index (κ2) is 8.53. The van der Waals surface area contributed by atoms with Gasteiger partial charge in [0.25, 0.3) is 5.91 Å². The molecule has 0 radical (unpaired) electrons. The summed E-state index contributed by atoms with van der Waals surface area (Å²) in [6.45, 7) is 5.41. The summed E-state index contributed by atoms with van der Waals surface area (Å²) < 4.78 is 13.6. The first-order valence-electron chi connectivity index (χ1n) is 9.35. The Morgan fingerprint density at radius 1 is 1.07 bits per heavy atom. The fourth-order valence-electron chi connectivity index (χ4n) is 3.38. The third-order valence-electron chi connectivity index (χ3n) is 5.04. The Bertz CT molecular complexity index is 935. The van der Waals surface area contributed by atoms with Crippen LogP contribution in [0.4, 0.5) is 5.69 Å². The van der Waals surface area contributed by atoms with Crippen molar-refractivity contribution >= 4 is 34.4 Å². The minimum absolute atomic E-state index is 0.0632. The Kier molecular flexibility index (Phi) is 5.68. The van der Waals surface area contributed by atoms with Gasteiger partial charge in [0.15, 0.2) is 0 Å². The van der Waals surface area contributed by atoms with E-state index in [1.807, 2.05) is 18.2 Å². The molecule has 0 bridgehead atoms. The van der Waals surface area contributed by atoms with Crippen molar-refractivity contribution in [1.29, 1.82) is 0 Å². The van der Waals surface area contributed by atoms with Crippen molar-refractivity contribution in [3.63, 3.8) is 0 Å². The number of rotatable bonds is 6. The Hall–Kier alpha value is -2.71. The summed E-state index contributed by atoms with van der Waals surface area (Å²) in [5, 5.41) is 3.01. The summed E-state index contributed by atoms with van der Waals surface area (Å²) in [5.74, 6) is 0.815. The summed E-state index contributed by atoms with van der Waals surface area (Å²) in [6, 6.07) is 13.6. The van der Waals surface area contributed by atoms with Crippen molar-refractivity contribution in [1.82, 2.24) is 19.0 Å². The van der Waals surface area contributed by atoms with Gasteiger partial charge in [-0.05, 0) is 42.5 Å². The average molecular weight is 398 g/mol. The van der Waals surface area contributed by atoms with Crippen molar-refractivity contribution in [2.45, 2.75) is 0 Å². The second-order valence-corrected chi connectivity index (χ2v) is 7.28. The van der Waals surface area contributed by atoms with E-state index in [0.29, 0.717) is 12.1 Å². The third-order valence-corrected chi connectivity index (χ3v) is 5.60. The molecule has 2 aromatic carbocycles. The van der Waals surface area contributed by atoms with Crippen LogP contribution < -0.4 is 15.0 Å². The molecule has 0 saturated carbocycles. The molecular weight excluding hydrogens is 374 g/mol. The van der Waals surface area contributed by atoms with E-state index in [1.54, 1.807) is 19.2 Å². The van der Waals surface area contributed by atoms with E-state index in [1.165, 1.54) is 5.69 Å².